The van der Waals surface area contributed by atoms with Crippen molar-refractivity contribution in [2.45, 2.75) is 196 Å². The fourth-order valence-electron chi connectivity index (χ4n) is 6.78. The van der Waals surface area contributed by atoms with Gasteiger partial charge in [0.15, 0.2) is 23.0 Å². The predicted molar refractivity (Wildman–Crippen MR) is 237 cm³/mol. The Hall–Kier alpha value is -3.49. The molecule has 0 aromatic heterocycles. The Morgan fingerprint density at radius 2 is 0.603 bits per heavy atom. The molecule has 2 aromatic carbocycles. The first kappa shape index (κ1) is 50.7. The van der Waals surface area contributed by atoms with Gasteiger partial charge in [0.25, 0.3) is 0 Å². The van der Waals surface area contributed by atoms with E-state index >= 15 is 4.79 Å². The van der Waals surface area contributed by atoms with Gasteiger partial charge < -0.3 is 38.6 Å². The number of phenolic OH excluding ortho intramolecular Hbond substituents is 2. The quantitative estimate of drug-likeness (QED) is 0.0505. The van der Waals surface area contributed by atoms with Gasteiger partial charge in [-0.2, -0.15) is 0 Å². The second-order valence-corrected chi connectivity index (χ2v) is 15.6. The van der Waals surface area contributed by atoms with Crippen LogP contribution in [0.5, 0.6) is 46.0 Å². The summed E-state index contributed by atoms with van der Waals surface area (Å²) in [4.78, 5) is 15.6. The van der Waals surface area contributed by atoms with E-state index in [-0.39, 0.29) is 57.1 Å². The number of aromatic hydroxyl groups is 2. The van der Waals surface area contributed by atoms with E-state index in [0.717, 1.165) is 154 Å². The second kappa shape index (κ2) is 32.4. The lowest BCUT2D eigenvalue weighted by Gasteiger charge is -2.23. The summed E-state index contributed by atoms with van der Waals surface area (Å²) >= 11 is 0. The summed E-state index contributed by atoms with van der Waals surface area (Å²) in [5.41, 5.74) is 0.275. The van der Waals surface area contributed by atoms with E-state index in [1.54, 1.807) is 0 Å². The van der Waals surface area contributed by atoms with Crippen molar-refractivity contribution in [1.29, 1.82) is 0 Å². The van der Waals surface area contributed by atoms with Gasteiger partial charge in [0.1, 0.15) is 22.6 Å². The van der Waals surface area contributed by atoms with Gasteiger partial charge in [0, 0.05) is 12.1 Å². The number of rotatable bonds is 38. The van der Waals surface area contributed by atoms with Gasteiger partial charge in [-0.3, -0.25) is 4.79 Å². The number of carbonyl (C=O) groups excluding carboxylic acids is 1. The molecule has 0 aliphatic heterocycles. The Morgan fingerprint density at radius 1 is 0.362 bits per heavy atom. The van der Waals surface area contributed by atoms with Crippen molar-refractivity contribution in [3.05, 3.63) is 23.3 Å². The van der Waals surface area contributed by atoms with E-state index in [9.17, 15) is 10.2 Å². The summed E-state index contributed by atoms with van der Waals surface area (Å²) in [6.07, 6.45) is 23.5. The summed E-state index contributed by atoms with van der Waals surface area (Å²) in [7, 11) is 0. The molecule has 58 heavy (non-hydrogen) atoms. The monoisotopic (exact) mass is 815 g/mol. The summed E-state index contributed by atoms with van der Waals surface area (Å²) in [5, 5.41) is 23.1. The first-order valence-corrected chi connectivity index (χ1v) is 23.5. The maximum Gasteiger partial charge on any atom is 0.208 e. The maximum absolute atomic E-state index is 15.6. The minimum absolute atomic E-state index is 0.129. The Bertz CT molecular complexity index is 1270. The van der Waals surface area contributed by atoms with Crippen molar-refractivity contribution in [3.8, 4) is 46.0 Å². The summed E-state index contributed by atoms with van der Waals surface area (Å²) in [6, 6.07) is 2.97. The van der Waals surface area contributed by atoms with Gasteiger partial charge in [-0.25, -0.2) is 0 Å². The first-order chi connectivity index (χ1) is 28.4. The molecule has 332 valence electrons. The average molecular weight is 815 g/mol. The van der Waals surface area contributed by atoms with E-state index in [1.807, 2.05) is 0 Å². The van der Waals surface area contributed by atoms with Crippen molar-refractivity contribution in [2.24, 2.45) is 0 Å². The fourth-order valence-corrected chi connectivity index (χ4v) is 6.78. The van der Waals surface area contributed by atoms with Gasteiger partial charge in [0.05, 0.1) is 39.6 Å². The molecule has 0 unspecified atom stereocenters. The van der Waals surface area contributed by atoms with E-state index in [0.29, 0.717) is 39.6 Å². The lowest BCUT2D eigenvalue weighted by atomic mass is 9.97. The van der Waals surface area contributed by atoms with Crippen molar-refractivity contribution in [1.82, 2.24) is 0 Å². The Labute approximate surface area is 352 Å². The van der Waals surface area contributed by atoms with E-state index < -0.39 is 5.78 Å². The van der Waals surface area contributed by atoms with E-state index in [2.05, 4.69) is 41.5 Å². The van der Waals surface area contributed by atoms with Crippen LogP contribution in [0.3, 0.4) is 0 Å². The highest BCUT2D eigenvalue weighted by Crippen LogP contribution is 2.51. The molecule has 0 saturated carbocycles. The topological polar surface area (TPSA) is 113 Å². The zero-order valence-corrected chi connectivity index (χ0v) is 37.6. The maximum atomic E-state index is 15.6. The molecule has 2 N–H and O–H groups in total. The number of phenols is 2. The molecule has 0 bridgehead atoms. The van der Waals surface area contributed by atoms with Crippen molar-refractivity contribution >= 4 is 5.78 Å². The highest BCUT2D eigenvalue weighted by molar-refractivity contribution is 6.17. The van der Waals surface area contributed by atoms with Gasteiger partial charge >= 0.3 is 0 Å². The molecule has 0 spiro atoms. The smallest absolute Gasteiger partial charge is 0.208 e. The SMILES string of the molecule is CCCCCCOc1cc(O)c(OCCCCCC)c(OCCCCCC)c1C(=O)c1c(OCCCCCC)cc(O)c(OCCCCCC)c1OCCCCCC. The van der Waals surface area contributed by atoms with Crippen LogP contribution in [0.25, 0.3) is 0 Å². The molecular formula is C49H82O9. The summed E-state index contributed by atoms with van der Waals surface area (Å²) in [5.74, 6) is 0.231. The molecule has 0 atom stereocenters. The Morgan fingerprint density at radius 3 is 0.862 bits per heavy atom. The van der Waals surface area contributed by atoms with Crippen LogP contribution in [0, 0.1) is 0 Å². The lowest BCUT2D eigenvalue weighted by molar-refractivity contribution is 0.101. The zero-order valence-electron chi connectivity index (χ0n) is 37.6. The number of hydrogen-bond acceptors (Lipinski definition) is 9. The molecule has 0 saturated heterocycles. The normalized spacial score (nSPS) is 11.1. The predicted octanol–water partition coefficient (Wildman–Crippen LogP) is 14.1. The van der Waals surface area contributed by atoms with Gasteiger partial charge in [0.2, 0.25) is 17.3 Å². The van der Waals surface area contributed by atoms with Crippen LogP contribution in [0.15, 0.2) is 12.1 Å². The zero-order chi connectivity index (χ0) is 42.2. The van der Waals surface area contributed by atoms with Crippen LogP contribution in [-0.2, 0) is 0 Å². The molecular weight excluding hydrogens is 733 g/mol. The average Bonchev–Trinajstić information content (AvgIpc) is 3.21. The number of unbranched alkanes of at least 4 members (excludes halogenated alkanes) is 18. The molecule has 0 fully saturated rings. The second-order valence-electron chi connectivity index (χ2n) is 15.6. The third-order valence-corrected chi connectivity index (χ3v) is 10.3. The molecule has 2 aromatic rings. The minimum Gasteiger partial charge on any atom is -0.504 e. The molecule has 9 nitrogen and oxygen atoms in total. The van der Waals surface area contributed by atoms with Crippen molar-refractivity contribution in [2.75, 3.05) is 39.6 Å². The van der Waals surface area contributed by atoms with Crippen LogP contribution in [0.2, 0.25) is 0 Å². The molecule has 2 rings (SSSR count). The number of benzene rings is 2. The van der Waals surface area contributed by atoms with Crippen molar-refractivity contribution < 1.29 is 43.4 Å². The largest absolute Gasteiger partial charge is 0.504 e. The standard InChI is InChI=1S/C49H82O9/c1-7-13-19-25-31-53-41-37-39(50)46(55-33-27-21-15-9-3)48(57-35-29-23-17-11-5)43(41)45(52)44-42(54-32-26-20-14-8-2)38-40(51)47(56-34-28-22-16-10-4)49(44)58-36-30-24-18-12-6/h37-38,50-51H,7-36H2,1-6H3. The highest BCUT2D eigenvalue weighted by atomic mass is 16.5. The number of carbonyl (C=O) groups is 1. The van der Waals surface area contributed by atoms with Crippen LogP contribution in [0.1, 0.15) is 212 Å². The number of ketones is 1. The molecule has 0 aliphatic rings. The minimum atomic E-state index is -0.467. The van der Waals surface area contributed by atoms with Crippen LogP contribution in [0.4, 0.5) is 0 Å². The third-order valence-electron chi connectivity index (χ3n) is 10.3. The molecule has 0 radical (unpaired) electrons. The Balaban J connectivity index is 2.90. The highest BCUT2D eigenvalue weighted by Gasteiger charge is 2.34. The van der Waals surface area contributed by atoms with Crippen LogP contribution in [-0.4, -0.2) is 55.6 Å². The van der Waals surface area contributed by atoms with E-state index in [4.69, 9.17) is 28.4 Å². The lowest BCUT2D eigenvalue weighted by Crippen LogP contribution is -2.16. The van der Waals surface area contributed by atoms with Crippen LogP contribution < -0.4 is 28.4 Å². The summed E-state index contributed by atoms with van der Waals surface area (Å²) < 4.78 is 38.5. The number of hydrogen-bond donors (Lipinski definition) is 2. The summed E-state index contributed by atoms with van der Waals surface area (Å²) in [6.45, 7) is 15.1. The third kappa shape index (κ3) is 18.6. The number of ether oxygens (including phenoxy) is 6. The van der Waals surface area contributed by atoms with Crippen LogP contribution >= 0.6 is 0 Å². The van der Waals surface area contributed by atoms with Gasteiger partial charge in [-0.15, -0.1) is 0 Å². The Kier molecular flexibility index (Phi) is 28.3. The van der Waals surface area contributed by atoms with Gasteiger partial charge in [-0.05, 0) is 38.5 Å². The fraction of sp³-hybridized carbons (Fsp3) is 0.735. The first-order valence-electron chi connectivity index (χ1n) is 23.5. The molecule has 9 heteroatoms. The molecule has 0 amide bonds. The molecule has 0 heterocycles. The van der Waals surface area contributed by atoms with Crippen molar-refractivity contribution in [3.63, 3.8) is 0 Å². The van der Waals surface area contributed by atoms with Gasteiger partial charge in [-0.1, -0.05) is 157 Å². The van der Waals surface area contributed by atoms with E-state index in [1.165, 1.54) is 12.1 Å². The molecule has 0 aliphatic carbocycles.